The number of unbranched alkanes of at least 4 members (excludes halogenated alkanes) is 3. The second-order valence-electron chi connectivity index (χ2n) is 22.8. The lowest BCUT2D eigenvalue weighted by Gasteiger charge is -2.34. The third-order valence-electron chi connectivity index (χ3n) is 16.0. The number of fused-ring (bicyclic) bond motifs is 3. The summed E-state index contributed by atoms with van der Waals surface area (Å²) in [4.78, 5) is 108. The molecule has 2 aromatic heterocycles. The number of hydrogen-bond donors (Lipinski definition) is 14. The van der Waals surface area contributed by atoms with Gasteiger partial charge in [-0.3, -0.25) is 33.6 Å². The SMILES string of the molecule is COCCCCCCOc1ccc(-c2nn3cc(-c4ccc(C(=O)N[C@H]5C[C@H](O)CNC(=O)[C@@H]6[C@@H](O)[C@H](C)CN6C(=O)[C@H]([C@H](O)CCN)NC(=O)[C@H]([C@H](O)Cc6ccc(O)c(OSOOO)c6)NC(=O)[C@@H]6C[C@H](O)CN6C(=O)[C@H]([C@H](C)O)NC5=O)cc4)nc3s2)cc1. The fourth-order valence-electron chi connectivity index (χ4n) is 11.0. The van der Waals surface area contributed by atoms with E-state index in [-0.39, 0.29) is 48.7 Å². The molecule has 8 rings (SSSR count). The van der Waals surface area contributed by atoms with Gasteiger partial charge in [0.05, 0.1) is 55.1 Å². The van der Waals surface area contributed by atoms with Crippen molar-refractivity contribution >= 4 is 70.0 Å². The Morgan fingerprint density at radius 3 is 2.17 bits per heavy atom. The molecule has 15 N–H and O–H groups in total. The maximum Gasteiger partial charge on any atom is 0.261 e. The van der Waals surface area contributed by atoms with Gasteiger partial charge in [0.1, 0.15) is 47.0 Å². The number of aromatic hydroxyl groups is 1. The molecule has 13 atom stereocenters. The van der Waals surface area contributed by atoms with E-state index in [0.717, 1.165) is 71.4 Å². The summed E-state index contributed by atoms with van der Waals surface area (Å²) in [6.45, 7) is 2.20. The van der Waals surface area contributed by atoms with Crippen molar-refractivity contribution in [1.82, 2.24) is 51.0 Å². The van der Waals surface area contributed by atoms with Crippen LogP contribution in [-0.4, -0.2) is 226 Å². The first kappa shape index (κ1) is 70.2. The minimum absolute atomic E-state index is 0.0203. The molecule has 31 nitrogen and oxygen atoms in total. The van der Waals surface area contributed by atoms with Gasteiger partial charge < -0.3 is 91.5 Å². The monoisotopic (exact) mass is 1320 g/mol. The van der Waals surface area contributed by atoms with E-state index in [1.807, 2.05) is 24.3 Å². The zero-order valence-electron chi connectivity index (χ0n) is 50.4. The first-order valence-electron chi connectivity index (χ1n) is 29.8. The molecule has 3 aliphatic heterocycles. The number of carbonyl (C=O) groups excluding carboxylic acids is 7. The summed E-state index contributed by atoms with van der Waals surface area (Å²) < 4.78 is 22.0. The minimum atomic E-state index is -2.11. The van der Waals surface area contributed by atoms with Crippen LogP contribution in [0.15, 0.2) is 72.9 Å². The molecule has 33 heteroatoms. The number of nitrogens with two attached hydrogens (primary N) is 1. The van der Waals surface area contributed by atoms with Crippen LogP contribution in [0.1, 0.15) is 74.7 Å². The van der Waals surface area contributed by atoms with Crippen LogP contribution in [0.25, 0.3) is 26.8 Å². The number of imidazole rings is 1. The van der Waals surface area contributed by atoms with Gasteiger partial charge >= 0.3 is 0 Å². The van der Waals surface area contributed by atoms with E-state index in [0.29, 0.717) is 22.8 Å². The van der Waals surface area contributed by atoms with E-state index in [2.05, 4.69) is 36.0 Å². The summed E-state index contributed by atoms with van der Waals surface area (Å²) in [5.74, 6) is -8.59. The Kier molecular flexibility index (Phi) is 25.0. The van der Waals surface area contributed by atoms with Gasteiger partial charge in [0.15, 0.2) is 11.5 Å². The quantitative estimate of drug-likeness (QED) is 0.0163. The smallest absolute Gasteiger partial charge is 0.261 e. The maximum atomic E-state index is 14.7. The van der Waals surface area contributed by atoms with Gasteiger partial charge in [-0.1, -0.05) is 52.3 Å². The van der Waals surface area contributed by atoms with Crippen LogP contribution >= 0.6 is 23.7 Å². The Morgan fingerprint density at radius 1 is 0.804 bits per heavy atom. The van der Waals surface area contributed by atoms with Crippen molar-refractivity contribution in [3.05, 3.63) is 84.1 Å². The third-order valence-corrected chi connectivity index (χ3v) is 17.3. The molecule has 3 aromatic carbocycles. The van der Waals surface area contributed by atoms with Gasteiger partial charge in [-0.25, -0.2) is 14.8 Å². The van der Waals surface area contributed by atoms with Crippen molar-refractivity contribution in [2.75, 3.05) is 46.5 Å². The lowest BCUT2D eigenvalue weighted by Crippen LogP contribution is -2.64. The molecule has 5 heterocycles. The van der Waals surface area contributed by atoms with Crippen molar-refractivity contribution in [2.45, 2.75) is 138 Å². The zero-order chi connectivity index (χ0) is 66.3. The average molecular weight is 1320 g/mol. The highest BCUT2D eigenvalue weighted by molar-refractivity contribution is 7.90. The molecule has 3 fully saturated rings. The van der Waals surface area contributed by atoms with Gasteiger partial charge in [0.2, 0.25) is 40.4 Å². The second-order valence-corrected chi connectivity index (χ2v) is 24.2. The lowest BCUT2D eigenvalue weighted by molar-refractivity contribution is -0.433. The van der Waals surface area contributed by atoms with E-state index in [1.54, 1.807) is 30.0 Å². The molecule has 0 aliphatic carbocycles. The summed E-state index contributed by atoms with van der Waals surface area (Å²) in [5, 5.41) is 109. The van der Waals surface area contributed by atoms with Crippen LogP contribution in [0.2, 0.25) is 0 Å². The molecule has 7 amide bonds. The molecular weight excluding hydrogens is 1250 g/mol. The Balaban J connectivity index is 1.04. The fraction of sp³-hybridized carbons (Fsp3) is 0.508. The topological polar surface area (TPSA) is 450 Å². The number of aliphatic hydroxyl groups is 6. The first-order chi connectivity index (χ1) is 44.1. The minimum Gasteiger partial charge on any atom is -0.504 e. The predicted octanol–water partition coefficient (Wildman–Crippen LogP) is -0.923. The molecule has 5 aromatic rings. The summed E-state index contributed by atoms with van der Waals surface area (Å²) in [5.41, 5.74) is 7.92. The lowest BCUT2D eigenvalue weighted by atomic mass is 9.98. The van der Waals surface area contributed by atoms with E-state index in [4.69, 9.17) is 34.7 Å². The van der Waals surface area contributed by atoms with Crippen molar-refractivity contribution in [2.24, 2.45) is 11.7 Å². The van der Waals surface area contributed by atoms with Gasteiger partial charge in [0.25, 0.3) is 18.2 Å². The molecule has 0 radical (unpaired) electrons. The standard InChI is InChI=1S/C59H77N11O20S2/c1-30-27-69-49(50(30)77)55(82)61-26-36(72)24-39(62-51(78)34-11-9-33(10-12-34)40-29-70-59(63-40)91-56(67-70)35-13-15-38(16-14-35)87-21-7-5-4-6-20-86-3)52(79)64-46(31(2)71)57(83)68-28-37(73)25-41(68)53(80)65-47(54(81)66-48(58(69)84)43(75)18-19-60)44(76)22-32-8-17-42(74)45(23-32)88-92-90-89-85/h8-17,23,29-31,36-37,39,41,43-44,46-50,71-77,85H,4-7,18-22,24-28,60H2,1-3H3,(H,61,82)(H,62,78)(H,64,79)(H,65,80)(H,66,81)/t30-,31+,36+,37+,39+,41+,43-,44-,46+,47+,48+,49+,50+/m1/s1. The number of β-amino-alcohol motifs (C(OH)–C–C–N with tert-alkyl or cyclic N) is 1. The number of benzene rings is 3. The number of phenolic OH excluding ortho intramolecular Hbond substituents is 1. The molecule has 0 bridgehead atoms. The van der Waals surface area contributed by atoms with Crippen molar-refractivity contribution in [1.29, 1.82) is 0 Å². The number of carbonyl (C=O) groups is 7. The molecule has 92 heavy (non-hydrogen) atoms. The normalized spacial score (nSPS) is 24.8. The van der Waals surface area contributed by atoms with Crippen molar-refractivity contribution < 1.29 is 97.6 Å². The zero-order valence-corrected chi connectivity index (χ0v) is 52.1. The van der Waals surface area contributed by atoms with Crippen LogP contribution in [0.3, 0.4) is 0 Å². The largest absolute Gasteiger partial charge is 0.504 e. The molecule has 0 spiro atoms. The summed E-state index contributed by atoms with van der Waals surface area (Å²) in [6.07, 6.45) is -6.46. The summed E-state index contributed by atoms with van der Waals surface area (Å²) in [6, 6.07) is 6.18. The third kappa shape index (κ3) is 17.7. The number of aliphatic hydroxyl groups excluding tert-OH is 6. The number of rotatable bonds is 23. The van der Waals surface area contributed by atoms with E-state index >= 15 is 0 Å². The number of ether oxygens (including phenoxy) is 2. The average Bonchev–Trinajstić information content (AvgIpc) is 1.65. The maximum absolute atomic E-state index is 14.7. The fourth-order valence-corrected chi connectivity index (χ4v) is 12.2. The second kappa shape index (κ2) is 32.8. The van der Waals surface area contributed by atoms with Crippen LogP contribution in [0, 0.1) is 5.92 Å². The van der Waals surface area contributed by atoms with Gasteiger partial charge in [-0.2, -0.15) is 5.10 Å². The van der Waals surface area contributed by atoms with Crippen LogP contribution in [-0.2, 0) is 49.3 Å². The first-order valence-corrected chi connectivity index (χ1v) is 31.3. The van der Waals surface area contributed by atoms with E-state index in [9.17, 15) is 69.3 Å². The Hall–Kier alpha value is -7.64. The highest BCUT2D eigenvalue weighted by Gasteiger charge is 2.50. The number of nitrogens with one attached hydrogen (secondary N) is 5. The Bertz CT molecular complexity index is 3310. The number of nitrogens with zero attached hydrogens (tertiary/aromatic N) is 5. The number of aromatic nitrogens is 3. The number of hydrogen-bond acceptors (Lipinski definition) is 25. The Labute approximate surface area is 535 Å². The van der Waals surface area contributed by atoms with Crippen LogP contribution in [0.4, 0.5) is 0 Å². The number of amides is 7. The molecule has 3 aliphatic rings. The van der Waals surface area contributed by atoms with Gasteiger partial charge in [0, 0.05) is 75.2 Å². The number of methoxy groups -OCH3 is 1. The highest BCUT2D eigenvalue weighted by Crippen LogP contribution is 2.33. The summed E-state index contributed by atoms with van der Waals surface area (Å²) >= 11 is 1.44. The van der Waals surface area contributed by atoms with Gasteiger partial charge in [-0.15, -0.1) is 0 Å². The van der Waals surface area contributed by atoms with E-state index in [1.165, 1.54) is 42.5 Å². The number of phenols is 1. The van der Waals surface area contributed by atoms with E-state index < -0.39 is 158 Å². The van der Waals surface area contributed by atoms with Crippen LogP contribution < -0.4 is 41.2 Å². The van der Waals surface area contributed by atoms with Crippen molar-refractivity contribution in [3.63, 3.8) is 0 Å². The van der Waals surface area contributed by atoms with Crippen molar-refractivity contribution in [3.8, 4) is 39.1 Å². The van der Waals surface area contributed by atoms with Gasteiger partial charge in [-0.05, 0) is 93.2 Å². The predicted molar refractivity (Wildman–Crippen MR) is 327 cm³/mol. The molecule has 500 valence electrons. The Morgan fingerprint density at radius 2 is 1.49 bits per heavy atom. The summed E-state index contributed by atoms with van der Waals surface area (Å²) in [7, 11) is 1.69. The van der Waals surface area contributed by atoms with Crippen LogP contribution in [0.5, 0.6) is 17.2 Å². The molecule has 3 saturated heterocycles. The highest BCUT2D eigenvalue weighted by atomic mass is 32.2. The molecule has 0 unspecified atom stereocenters. The molecule has 0 saturated carbocycles. The molecular formula is C59H77N11O20S2.